The number of para-hydroxylation sites is 1. The maximum absolute atomic E-state index is 11.3. The van der Waals surface area contributed by atoms with Crippen LogP contribution in [0, 0.1) is 5.92 Å². The molecule has 0 radical (unpaired) electrons. The second-order valence-corrected chi connectivity index (χ2v) is 3.14. The monoisotopic (exact) mass is 235 g/mol. The van der Waals surface area contributed by atoms with Crippen molar-refractivity contribution >= 4 is 23.8 Å². The van der Waals surface area contributed by atoms with Gasteiger partial charge in [-0.2, -0.15) is 0 Å². The number of hydrogen-bond donors (Lipinski definition) is 0. The first-order valence-corrected chi connectivity index (χ1v) is 4.94. The van der Waals surface area contributed by atoms with Gasteiger partial charge in [-0.25, -0.2) is 0 Å². The Kier molecular flexibility index (Phi) is 4.87. The number of rotatable bonds is 4. The van der Waals surface area contributed by atoms with E-state index in [1.54, 1.807) is 24.3 Å². The number of aliphatic imine (C=N–C) groups is 1. The Labute approximate surface area is 99.1 Å². The standard InChI is InChI=1S/C12H13NO4/c1-16-11(14)10(12(15)17-2)8-13-9-6-4-3-5-7-9/h3-8,10H,1-2H3. The third-order valence-electron chi connectivity index (χ3n) is 2.04. The van der Waals surface area contributed by atoms with Gasteiger partial charge in [0.2, 0.25) is 0 Å². The van der Waals surface area contributed by atoms with E-state index in [0.717, 1.165) is 0 Å². The summed E-state index contributed by atoms with van der Waals surface area (Å²) in [6.45, 7) is 0. The number of benzene rings is 1. The summed E-state index contributed by atoms with van der Waals surface area (Å²) in [7, 11) is 2.41. The van der Waals surface area contributed by atoms with E-state index >= 15 is 0 Å². The molecular formula is C12H13NO4. The van der Waals surface area contributed by atoms with Crippen LogP contribution in [-0.2, 0) is 19.1 Å². The fourth-order valence-corrected chi connectivity index (χ4v) is 1.15. The van der Waals surface area contributed by atoms with Gasteiger partial charge in [-0.05, 0) is 12.1 Å². The van der Waals surface area contributed by atoms with Crippen LogP contribution in [-0.4, -0.2) is 32.4 Å². The van der Waals surface area contributed by atoms with E-state index in [4.69, 9.17) is 0 Å². The highest BCUT2D eigenvalue weighted by Crippen LogP contribution is 2.10. The van der Waals surface area contributed by atoms with Gasteiger partial charge in [-0.15, -0.1) is 0 Å². The van der Waals surface area contributed by atoms with E-state index in [2.05, 4.69) is 14.5 Å². The molecule has 0 aliphatic carbocycles. The molecule has 0 saturated carbocycles. The fraction of sp³-hybridized carbons (Fsp3) is 0.250. The maximum atomic E-state index is 11.3. The van der Waals surface area contributed by atoms with Crippen molar-refractivity contribution in [3.8, 4) is 0 Å². The predicted molar refractivity (Wildman–Crippen MR) is 62.1 cm³/mol. The van der Waals surface area contributed by atoms with Gasteiger partial charge in [0, 0.05) is 6.21 Å². The molecule has 0 fully saturated rings. The third-order valence-corrected chi connectivity index (χ3v) is 2.04. The number of nitrogens with zero attached hydrogens (tertiary/aromatic N) is 1. The molecule has 0 aromatic heterocycles. The topological polar surface area (TPSA) is 65.0 Å². The van der Waals surface area contributed by atoms with Crippen molar-refractivity contribution in [2.45, 2.75) is 0 Å². The number of esters is 2. The van der Waals surface area contributed by atoms with Gasteiger partial charge < -0.3 is 9.47 Å². The van der Waals surface area contributed by atoms with Gasteiger partial charge in [0.05, 0.1) is 19.9 Å². The van der Waals surface area contributed by atoms with Crippen molar-refractivity contribution in [2.75, 3.05) is 14.2 Å². The number of methoxy groups -OCH3 is 2. The number of hydrogen-bond acceptors (Lipinski definition) is 5. The molecule has 0 saturated heterocycles. The molecular weight excluding hydrogens is 222 g/mol. The van der Waals surface area contributed by atoms with Crippen LogP contribution in [0.1, 0.15) is 0 Å². The van der Waals surface area contributed by atoms with Gasteiger partial charge in [0.15, 0.2) is 5.92 Å². The van der Waals surface area contributed by atoms with E-state index in [9.17, 15) is 9.59 Å². The molecule has 1 aromatic rings. The smallest absolute Gasteiger partial charge is 0.325 e. The Bertz CT molecular complexity index is 398. The van der Waals surface area contributed by atoms with Gasteiger partial charge in [0.25, 0.3) is 0 Å². The molecule has 0 aliphatic heterocycles. The lowest BCUT2D eigenvalue weighted by molar-refractivity contribution is -0.154. The van der Waals surface area contributed by atoms with Crippen molar-refractivity contribution in [1.29, 1.82) is 0 Å². The minimum Gasteiger partial charge on any atom is -0.468 e. The van der Waals surface area contributed by atoms with Crippen LogP contribution >= 0.6 is 0 Å². The van der Waals surface area contributed by atoms with E-state index in [1.165, 1.54) is 20.4 Å². The number of ether oxygens (including phenoxy) is 2. The second-order valence-electron chi connectivity index (χ2n) is 3.14. The fourth-order valence-electron chi connectivity index (χ4n) is 1.15. The van der Waals surface area contributed by atoms with E-state index in [1.807, 2.05) is 6.07 Å². The van der Waals surface area contributed by atoms with E-state index in [-0.39, 0.29) is 0 Å². The van der Waals surface area contributed by atoms with Crippen LogP contribution in [0.25, 0.3) is 0 Å². The normalized spacial score (nSPS) is 10.5. The van der Waals surface area contributed by atoms with Crippen molar-refractivity contribution in [1.82, 2.24) is 0 Å². The Morgan fingerprint density at radius 3 is 2.12 bits per heavy atom. The number of carbonyl (C=O) groups excluding carboxylic acids is 2. The second kappa shape index (κ2) is 6.42. The van der Waals surface area contributed by atoms with Crippen LogP contribution in [0.4, 0.5) is 5.69 Å². The lowest BCUT2D eigenvalue weighted by atomic mass is 10.2. The zero-order valence-corrected chi connectivity index (χ0v) is 9.62. The highest BCUT2D eigenvalue weighted by atomic mass is 16.5. The average molecular weight is 235 g/mol. The summed E-state index contributed by atoms with van der Waals surface area (Å²) in [5.41, 5.74) is 0.644. The predicted octanol–water partition coefficient (Wildman–Crippen LogP) is 1.35. The van der Waals surface area contributed by atoms with Crippen molar-refractivity contribution in [2.24, 2.45) is 10.9 Å². The molecule has 5 nitrogen and oxygen atoms in total. The quantitative estimate of drug-likeness (QED) is 0.449. The Morgan fingerprint density at radius 2 is 1.65 bits per heavy atom. The SMILES string of the molecule is COC(=O)C(C=Nc1ccccc1)C(=O)OC. The molecule has 0 amide bonds. The third kappa shape index (κ3) is 3.71. The van der Waals surface area contributed by atoms with Crippen LogP contribution in [0.5, 0.6) is 0 Å². The first kappa shape index (κ1) is 12.9. The summed E-state index contributed by atoms with van der Waals surface area (Å²) >= 11 is 0. The van der Waals surface area contributed by atoms with Crippen LogP contribution < -0.4 is 0 Å². The average Bonchev–Trinajstić information content (AvgIpc) is 2.39. The molecule has 5 heteroatoms. The zero-order valence-electron chi connectivity index (χ0n) is 9.62. The van der Waals surface area contributed by atoms with E-state index < -0.39 is 17.9 Å². The summed E-state index contributed by atoms with van der Waals surface area (Å²) < 4.78 is 8.99. The molecule has 0 aliphatic rings. The lowest BCUT2D eigenvalue weighted by Gasteiger charge is -2.06. The molecule has 0 atom stereocenters. The minimum atomic E-state index is -1.13. The molecule has 17 heavy (non-hydrogen) atoms. The Hall–Kier alpha value is -2.17. The summed E-state index contributed by atoms with van der Waals surface area (Å²) in [5, 5.41) is 0. The first-order valence-electron chi connectivity index (χ1n) is 4.94. The van der Waals surface area contributed by atoms with Crippen molar-refractivity contribution in [3.05, 3.63) is 30.3 Å². The summed E-state index contributed by atoms with van der Waals surface area (Å²) in [5.74, 6) is -2.53. The van der Waals surface area contributed by atoms with Crippen molar-refractivity contribution < 1.29 is 19.1 Å². The summed E-state index contributed by atoms with van der Waals surface area (Å²) in [4.78, 5) is 26.7. The molecule has 0 spiro atoms. The summed E-state index contributed by atoms with van der Waals surface area (Å²) in [6.07, 6.45) is 1.22. The molecule has 0 N–H and O–H groups in total. The number of carbonyl (C=O) groups is 2. The highest BCUT2D eigenvalue weighted by molar-refractivity contribution is 6.09. The van der Waals surface area contributed by atoms with Crippen LogP contribution in [0.2, 0.25) is 0 Å². The molecule has 1 aromatic carbocycles. The van der Waals surface area contributed by atoms with Gasteiger partial charge in [0.1, 0.15) is 0 Å². The van der Waals surface area contributed by atoms with Gasteiger partial charge >= 0.3 is 11.9 Å². The van der Waals surface area contributed by atoms with E-state index in [0.29, 0.717) is 5.69 Å². The molecule has 0 heterocycles. The van der Waals surface area contributed by atoms with Gasteiger partial charge in [-0.1, -0.05) is 18.2 Å². The molecule has 0 bridgehead atoms. The van der Waals surface area contributed by atoms with Gasteiger partial charge in [-0.3, -0.25) is 14.6 Å². The zero-order chi connectivity index (χ0) is 12.7. The molecule has 1 rings (SSSR count). The maximum Gasteiger partial charge on any atom is 0.325 e. The Balaban J connectivity index is 2.83. The largest absolute Gasteiger partial charge is 0.468 e. The lowest BCUT2D eigenvalue weighted by Crippen LogP contribution is -2.27. The van der Waals surface area contributed by atoms with Crippen LogP contribution in [0.3, 0.4) is 0 Å². The first-order chi connectivity index (χ1) is 8.19. The summed E-state index contributed by atoms with van der Waals surface area (Å²) in [6, 6.07) is 8.96. The molecule has 0 unspecified atom stereocenters. The highest BCUT2D eigenvalue weighted by Gasteiger charge is 2.26. The van der Waals surface area contributed by atoms with Crippen LogP contribution in [0.15, 0.2) is 35.3 Å². The molecule has 90 valence electrons. The van der Waals surface area contributed by atoms with Crippen molar-refractivity contribution in [3.63, 3.8) is 0 Å². The minimum absolute atomic E-state index is 0.644. The Morgan fingerprint density at radius 1 is 1.12 bits per heavy atom.